The Morgan fingerprint density at radius 3 is 2.27 bits per heavy atom. The fourth-order valence-corrected chi connectivity index (χ4v) is 5.52. The predicted octanol–water partition coefficient (Wildman–Crippen LogP) is 2.70. The van der Waals surface area contributed by atoms with Crippen molar-refractivity contribution in [3.05, 3.63) is 64.7 Å². The number of nitrogens with zero attached hydrogens (tertiary/aromatic N) is 2. The lowest BCUT2D eigenvalue weighted by molar-refractivity contribution is -0.142. The topological polar surface area (TPSA) is 96.0 Å². The third kappa shape index (κ3) is 5.73. The van der Waals surface area contributed by atoms with Gasteiger partial charge in [0.2, 0.25) is 10.0 Å². The summed E-state index contributed by atoms with van der Waals surface area (Å²) in [5.41, 5.74) is 1.13. The van der Waals surface area contributed by atoms with E-state index in [1.165, 1.54) is 29.6 Å². The summed E-state index contributed by atoms with van der Waals surface area (Å²) in [6.45, 7) is 4.26. The Bertz CT molecular complexity index is 1100. The number of rotatable bonds is 7. The number of carbonyl (C=O) groups excluding carboxylic acids is 2. The molecular weight excluding hydrogens is 466 g/mol. The number of sulfonamides is 1. The lowest BCUT2D eigenvalue weighted by Crippen LogP contribution is -2.52. The van der Waals surface area contributed by atoms with Gasteiger partial charge in [0, 0.05) is 38.9 Å². The first-order valence-corrected chi connectivity index (χ1v) is 12.4. The van der Waals surface area contributed by atoms with Gasteiger partial charge in [0.05, 0.1) is 11.1 Å². The molecule has 0 saturated carbocycles. The highest BCUT2D eigenvalue weighted by atomic mass is 35.5. The van der Waals surface area contributed by atoms with Crippen molar-refractivity contribution in [2.45, 2.75) is 30.9 Å². The minimum Gasteiger partial charge on any atom is -0.372 e. The molecular formula is C23H28ClN3O5S. The number of methoxy groups -OCH3 is 1. The van der Waals surface area contributed by atoms with E-state index < -0.39 is 22.0 Å². The van der Waals surface area contributed by atoms with E-state index in [-0.39, 0.29) is 53.6 Å². The average Bonchev–Trinajstić information content (AvgIpc) is 2.83. The zero-order valence-corrected chi connectivity index (χ0v) is 20.4. The van der Waals surface area contributed by atoms with Crippen LogP contribution in [0.25, 0.3) is 0 Å². The Morgan fingerprint density at radius 1 is 1.03 bits per heavy atom. The molecule has 1 saturated heterocycles. The van der Waals surface area contributed by atoms with Crippen molar-refractivity contribution in [3.63, 3.8) is 0 Å². The van der Waals surface area contributed by atoms with Gasteiger partial charge in [0.1, 0.15) is 11.0 Å². The quantitative estimate of drug-likeness (QED) is 0.639. The third-order valence-electron chi connectivity index (χ3n) is 5.71. The highest BCUT2D eigenvalue weighted by Gasteiger charge is 2.33. The molecule has 0 bridgehead atoms. The molecule has 2 aromatic rings. The minimum atomic E-state index is -3.95. The van der Waals surface area contributed by atoms with E-state index >= 15 is 0 Å². The van der Waals surface area contributed by atoms with Gasteiger partial charge in [-0.2, -0.15) is 4.31 Å². The van der Waals surface area contributed by atoms with E-state index in [1.807, 2.05) is 37.3 Å². The number of carbonyl (C=O) groups is 2. The van der Waals surface area contributed by atoms with E-state index in [1.54, 1.807) is 11.8 Å². The highest BCUT2D eigenvalue weighted by Crippen LogP contribution is 2.27. The molecule has 8 nitrogen and oxygen atoms in total. The second kappa shape index (κ2) is 10.6. The molecule has 33 heavy (non-hydrogen) atoms. The lowest BCUT2D eigenvalue weighted by atomic mass is 10.1. The van der Waals surface area contributed by atoms with E-state index in [0.29, 0.717) is 0 Å². The summed E-state index contributed by atoms with van der Waals surface area (Å²) in [6.07, 6.45) is -0.587. The van der Waals surface area contributed by atoms with Crippen LogP contribution in [0.5, 0.6) is 0 Å². The van der Waals surface area contributed by atoms with Crippen molar-refractivity contribution >= 4 is 33.4 Å². The number of hydrogen-bond acceptors (Lipinski definition) is 5. The summed E-state index contributed by atoms with van der Waals surface area (Å²) in [4.78, 5) is 26.5. The zero-order chi connectivity index (χ0) is 24.2. The van der Waals surface area contributed by atoms with Gasteiger partial charge >= 0.3 is 0 Å². The SMILES string of the molecule is COC(C)C(=O)N1CCN(S(=O)(=O)c2cc(C(=O)NC(C)c3ccccc3)ccc2Cl)CC1. The van der Waals surface area contributed by atoms with Crippen molar-refractivity contribution in [3.8, 4) is 0 Å². The molecule has 1 aliphatic rings. The second-order valence-electron chi connectivity index (χ2n) is 7.86. The van der Waals surface area contributed by atoms with Gasteiger partial charge in [-0.25, -0.2) is 8.42 Å². The molecule has 1 N–H and O–H groups in total. The molecule has 0 radical (unpaired) electrons. The maximum atomic E-state index is 13.3. The van der Waals surface area contributed by atoms with Gasteiger partial charge in [-0.15, -0.1) is 0 Å². The first kappa shape index (κ1) is 25.2. The van der Waals surface area contributed by atoms with Crippen LogP contribution in [0.3, 0.4) is 0 Å². The Kier molecular flexibility index (Phi) is 8.12. The molecule has 3 rings (SSSR count). The summed E-state index contributed by atoms with van der Waals surface area (Å²) < 4.78 is 32.9. The largest absolute Gasteiger partial charge is 0.372 e. The normalized spacial score (nSPS) is 16.8. The number of piperazine rings is 1. The summed E-state index contributed by atoms with van der Waals surface area (Å²) in [5.74, 6) is -0.581. The Balaban J connectivity index is 1.74. The van der Waals surface area contributed by atoms with E-state index in [9.17, 15) is 18.0 Å². The van der Waals surface area contributed by atoms with Crippen molar-refractivity contribution in [2.75, 3.05) is 33.3 Å². The van der Waals surface area contributed by atoms with Crippen molar-refractivity contribution < 1.29 is 22.7 Å². The number of halogens is 1. The monoisotopic (exact) mass is 493 g/mol. The molecule has 0 spiro atoms. The van der Waals surface area contributed by atoms with Gasteiger partial charge in [0.15, 0.2) is 0 Å². The van der Waals surface area contributed by atoms with Crippen molar-refractivity contribution in [1.29, 1.82) is 0 Å². The van der Waals surface area contributed by atoms with Crippen LogP contribution in [0.4, 0.5) is 0 Å². The first-order chi connectivity index (χ1) is 15.6. The molecule has 2 amide bonds. The Labute approximate surface area is 199 Å². The van der Waals surface area contributed by atoms with E-state index in [2.05, 4.69) is 5.32 Å². The molecule has 178 valence electrons. The summed E-state index contributed by atoms with van der Waals surface area (Å²) in [7, 11) is -2.50. The number of nitrogens with one attached hydrogen (secondary N) is 1. The number of ether oxygens (including phenoxy) is 1. The predicted molar refractivity (Wildman–Crippen MR) is 126 cm³/mol. The van der Waals surface area contributed by atoms with Crippen LogP contribution in [0.15, 0.2) is 53.4 Å². The summed E-state index contributed by atoms with van der Waals surface area (Å²) in [6, 6.07) is 13.4. The molecule has 0 aromatic heterocycles. The Hall–Kier alpha value is -2.46. The van der Waals surface area contributed by atoms with Crippen LogP contribution >= 0.6 is 11.6 Å². The van der Waals surface area contributed by atoms with Crippen molar-refractivity contribution in [2.24, 2.45) is 0 Å². The van der Waals surface area contributed by atoms with Crippen LogP contribution in [-0.4, -0.2) is 68.8 Å². The van der Waals surface area contributed by atoms with Crippen LogP contribution in [0.2, 0.25) is 5.02 Å². The molecule has 0 aliphatic carbocycles. The fraction of sp³-hybridized carbons (Fsp3) is 0.391. The van der Waals surface area contributed by atoms with E-state index in [0.717, 1.165) is 5.56 Å². The fourth-order valence-electron chi connectivity index (χ4n) is 3.59. The maximum Gasteiger partial charge on any atom is 0.251 e. The standard InChI is InChI=1S/C23H28ClN3O5S/c1-16(18-7-5-4-6-8-18)25-22(28)19-9-10-20(24)21(15-19)33(30,31)27-13-11-26(12-14-27)23(29)17(2)32-3/h4-10,15-17H,11-14H2,1-3H3,(H,25,28). The van der Waals surface area contributed by atoms with Crippen LogP contribution in [0, 0.1) is 0 Å². The van der Waals surface area contributed by atoms with Gasteiger partial charge in [0.25, 0.3) is 11.8 Å². The van der Waals surface area contributed by atoms with Gasteiger partial charge in [-0.1, -0.05) is 41.9 Å². The number of amides is 2. The minimum absolute atomic E-state index is 0.0363. The maximum absolute atomic E-state index is 13.3. The van der Waals surface area contributed by atoms with Crippen LogP contribution < -0.4 is 5.32 Å². The molecule has 1 heterocycles. The van der Waals surface area contributed by atoms with Gasteiger partial charge in [-0.05, 0) is 37.6 Å². The molecule has 1 fully saturated rings. The van der Waals surface area contributed by atoms with Crippen molar-refractivity contribution in [1.82, 2.24) is 14.5 Å². The van der Waals surface area contributed by atoms with Gasteiger partial charge in [-0.3, -0.25) is 9.59 Å². The highest BCUT2D eigenvalue weighted by molar-refractivity contribution is 7.89. The molecule has 2 unspecified atom stereocenters. The molecule has 10 heteroatoms. The lowest BCUT2D eigenvalue weighted by Gasteiger charge is -2.35. The van der Waals surface area contributed by atoms with Crippen LogP contribution in [-0.2, 0) is 19.6 Å². The molecule has 1 aliphatic heterocycles. The third-order valence-corrected chi connectivity index (χ3v) is 8.09. The molecule has 2 atom stereocenters. The van der Waals surface area contributed by atoms with Crippen LogP contribution in [0.1, 0.15) is 35.8 Å². The summed E-state index contributed by atoms with van der Waals surface area (Å²) in [5, 5.41) is 2.91. The van der Waals surface area contributed by atoms with Gasteiger partial charge < -0.3 is 15.0 Å². The number of hydrogen-bond donors (Lipinski definition) is 1. The molecule has 2 aromatic carbocycles. The zero-order valence-electron chi connectivity index (χ0n) is 18.8. The number of benzene rings is 2. The average molecular weight is 494 g/mol. The second-order valence-corrected chi connectivity index (χ2v) is 10.2. The summed E-state index contributed by atoms with van der Waals surface area (Å²) >= 11 is 6.23. The smallest absolute Gasteiger partial charge is 0.251 e. The van der Waals surface area contributed by atoms with E-state index in [4.69, 9.17) is 16.3 Å². The Morgan fingerprint density at radius 2 is 1.67 bits per heavy atom. The first-order valence-electron chi connectivity index (χ1n) is 10.6.